The number of ether oxygens (including phenoxy) is 2. The molecule has 1 aromatic rings. The van der Waals surface area contributed by atoms with Gasteiger partial charge in [-0.05, 0) is 20.8 Å². The third-order valence-electron chi connectivity index (χ3n) is 3.21. The molecule has 0 aliphatic carbocycles. The quantitative estimate of drug-likeness (QED) is 0.773. The van der Waals surface area contributed by atoms with Crippen molar-refractivity contribution in [3.05, 3.63) is 16.5 Å². The largest absolute Gasteiger partial charge is 0.477 e. The van der Waals surface area contributed by atoms with Gasteiger partial charge in [-0.25, -0.2) is 4.98 Å². The van der Waals surface area contributed by atoms with Crippen LogP contribution in [0.25, 0.3) is 0 Å². The van der Waals surface area contributed by atoms with E-state index in [1.54, 1.807) is 7.11 Å². The van der Waals surface area contributed by atoms with Crippen LogP contribution in [0.1, 0.15) is 52.4 Å². The number of nitrogens with zero attached hydrogens (tertiary/aromatic N) is 2. The van der Waals surface area contributed by atoms with E-state index in [0.29, 0.717) is 23.5 Å². The Kier molecular flexibility index (Phi) is 5.39. The van der Waals surface area contributed by atoms with Crippen LogP contribution in [0.5, 0.6) is 5.88 Å². The van der Waals surface area contributed by atoms with Gasteiger partial charge in [0.05, 0.1) is 12.2 Å². The number of hydrogen-bond donors (Lipinski definition) is 0. The van der Waals surface area contributed by atoms with Gasteiger partial charge in [-0.15, -0.1) is 0 Å². The van der Waals surface area contributed by atoms with Crippen molar-refractivity contribution in [3.63, 3.8) is 0 Å². The SMILES string of the molecule is COC(C)(C)CCOc1nc(C(C)(C)C)nc(Cl)c1C. The predicted octanol–water partition coefficient (Wildman–Crippen LogP) is 3.93. The fraction of sp³-hybridized carbons (Fsp3) is 0.733. The molecule has 0 saturated carbocycles. The molecule has 0 saturated heterocycles. The molecule has 114 valence electrons. The van der Waals surface area contributed by atoms with Gasteiger partial charge in [-0.2, -0.15) is 4.98 Å². The maximum atomic E-state index is 6.17. The lowest BCUT2D eigenvalue weighted by molar-refractivity contribution is 0.00497. The summed E-state index contributed by atoms with van der Waals surface area (Å²) in [5.74, 6) is 1.25. The maximum Gasteiger partial charge on any atom is 0.221 e. The van der Waals surface area contributed by atoms with Gasteiger partial charge in [0.2, 0.25) is 5.88 Å². The zero-order valence-electron chi connectivity index (χ0n) is 13.5. The first-order valence-corrected chi connectivity index (χ1v) is 7.17. The van der Waals surface area contributed by atoms with Gasteiger partial charge in [0.15, 0.2) is 0 Å². The number of aromatic nitrogens is 2. The molecule has 20 heavy (non-hydrogen) atoms. The Morgan fingerprint density at radius 3 is 2.20 bits per heavy atom. The molecular weight excluding hydrogens is 276 g/mol. The Hall–Kier alpha value is -0.870. The molecule has 5 heteroatoms. The van der Waals surface area contributed by atoms with Crippen LogP contribution < -0.4 is 4.74 Å². The summed E-state index contributed by atoms with van der Waals surface area (Å²) in [6.45, 7) is 12.6. The van der Waals surface area contributed by atoms with Crippen LogP contribution in [-0.4, -0.2) is 29.3 Å². The maximum absolute atomic E-state index is 6.17. The molecule has 0 spiro atoms. The van der Waals surface area contributed by atoms with Gasteiger partial charge in [0, 0.05) is 24.5 Å². The summed E-state index contributed by atoms with van der Waals surface area (Å²) < 4.78 is 11.1. The number of hydrogen-bond acceptors (Lipinski definition) is 4. The lowest BCUT2D eigenvalue weighted by Crippen LogP contribution is -2.25. The lowest BCUT2D eigenvalue weighted by Gasteiger charge is -2.23. The van der Waals surface area contributed by atoms with Gasteiger partial charge in [0.1, 0.15) is 11.0 Å². The zero-order chi connectivity index (χ0) is 15.6. The summed E-state index contributed by atoms with van der Waals surface area (Å²) in [4.78, 5) is 8.82. The molecule has 0 aliphatic heterocycles. The van der Waals surface area contributed by atoms with Crippen molar-refractivity contribution in [3.8, 4) is 5.88 Å². The van der Waals surface area contributed by atoms with Crippen LogP contribution in [0.15, 0.2) is 0 Å². The zero-order valence-corrected chi connectivity index (χ0v) is 14.3. The lowest BCUT2D eigenvalue weighted by atomic mass is 9.96. The van der Waals surface area contributed by atoms with Crippen molar-refractivity contribution < 1.29 is 9.47 Å². The summed E-state index contributed by atoms with van der Waals surface area (Å²) in [5, 5.41) is 0.450. The normalized spacial score (nSPS) is 12.6. The van der Waals surface area contributed by atoms with E-state index < -0.39 is 0 Å². The number of methoxy groups -OCH3 is 1. The van der Waals surface area contributed by atoms with E-state index in [2.05, 4.69) is 9.97 Å². The summed E-state index contributed by atoms with van der Waals surface area (Å²) >= 11 is 6.17. The first-order chi connectivity index (χ1) is 9.07. The van der Waals surface area contributed by atoms with Crippen molar-refractivity contribution in [1.82, 2.24) is 9.97 Å². The van der Waals surface area contributed by atoms with Crippen LogP contribution >= 0.6 is 11.6 Å². The van der Waals surface area contributed by atoms with E-state index in [1.165, 1.54) is 0 Å². The second-order valence-electron chi connectivity index (χ2n) is 6.58. The molecule has 1 rings (SSSR count). The second kappa shape index (κ2) is 6.27. The van der Waals surface area contributed by atoms with Crippen LogP contribution in [0, 0.1) is 6.92 Å². The van der Waals surface area contributed by atoms with Gasteiger partial charge in [0.25, 0.3) is 0 Å². The smallest absolute Gasteiger partial charge is 0.221 e. The molecule has 0 unspecified atom stereocenters. The fourth-order valence-electron chi connectivity index (χ4n) is 1.44. The highest BCUT2D eigenvalue weighted by Crippen LogP contribution is 2.27. The molecule has 0 fully saturated rings. The molecule has 4 nitrogen and oxygen atoms in total. The van der Waals surface area contributed by atoms with E-state index in [-0.39, 0.29) is 11.0 Å². The molecule has 0 radical (unpaired) electrons. The van der Waals surface area contributed by atoms with E-state index in [0.717, 1.165) is 12.0 Å². The minimum Gasteiger partial charge on any atom is -0.477 e. The van der Waals surface area contributed by atoms with Crippen LogP contribution in [0.3, 0.4) is 0 Å². The molecule has 1 heterocycles. The van der Waals surface area contributed by atoms with Crippen molar-refractivity contribution >= 4 is 11.6 Å². The average molecular weight is 301 g/mol. The Balaban J connectivity index is 2.87. The third kappa shape index (κ3) is 4.60. The van der Waals surface area contributed by atoms with E-state index in [1.807, 2.05) is 41.5 Å². The Morgan fingerprint density at radius 2 is 1.70 bits per heavy atom. The van der Waals surface area contributed by atoms with Crippen LogP contribution in [0.4, 0.5) is 0 Å². The minimum atomic E-state index is -0.211. The van der Waals surface area contributed by atoms with E-state index in [9.17, 15) is 0 Å². The summed E-state index contributed by atoms with van der Waals surface area (Å²) in [5.41, 5.74) is 0.397. The number of rotatable bonds is 5. The Bertz CT molecular complexity index is 468. The fourth-order valence-corrected chi connectivity index (χ4v) is 1.60. The van der Waals surface area contributed by atoms with Crippen molar-refractivity contribution in [2.24, 2.45) is 0 Å². The van der Waals surface area contributed by atoms with Crippen molar-refractivity contribution in [2.75, 3.05) is 13.7 Å². The van der Waals surface area contributed by atoms with Gasteiger partial charge in [-0.1, -0.05) is 32.4 Å². The molecule has 0 atom stereocenters. The van der Waals surface area contributed by atoms with E-state index >= 15 is 0 Å². The minimum absolute atomic E-state index is 0.165. The second-order valence-corrected chi connectivity index (χ2v) is 6.94. The first kappa shape index (κ1) is 17.2. The van der Waals surface area contributed by atoms with Crippen molar-refractivity contribution in [1.29, 1.82) is 0 Å². The standard InChI is InChI=1S/C15H25ClN2O2/c1-10-11(16)17-13(14(2,3)4)18-12(10)20-9-8-15(5,6)19-7/h8-9H2,1-7H3. The monoisotopic (exact) mass is 300 g/mol. The summed E-state index contributed by atoms with van der Waals surface area (Å²) in [7, 11) is 1.70. The van der Waals surface area contributed by atoms with Gasteiger partial charge < -0.3 is 9.47 Å². The Labute approximate surface area is 126 Å². The summed E-state index contributed by atoms with van der Waals surface area (Å²) in [6.07, 6.45) is 0.773. The van der Waals surface area contributed by atoms with E-state index in [4.69, 9.17) is 21.1 Å². The highest BCUT2D eigenvalue weighted by atomic mass is 35.5. The average Bonchev–Trinajstić information content (AvgIpc) is 2.32. The molecule has 0 bridgehead atoms. The number of halogens is 1. The summed E-state index contributed by atoms with van der Waals surface area (Å²) in [6, 6.07) is 0. The topological polar surface area (TPSA) is 44.2 Å². The first-order valence-electron chi connectivity index (χ1n) is 6.79. The molecule has 0 N–H and O–H groups in total. The molecule has 0 aliphatic rings. The molecule has 0 amide bonds. The predicted molar refractivity (Wildman–Crippen MR) is 81.7 cm³/mol. The van der Waals surface area contributed by atoms with Gasteiger partial charge in [-0.3, -0.25) is 0 Å². The van der Waals surface area contributed by atoms with Gasteiger partial charge >= 0.3 is 0 Å². The Morgan fingerprint density at radius 1 is 1.10 bits per heavy atom. The van der Waals surface area contributed by atoms with Crippen LogP contribution in [0.2, 0.25) is 5.15 Å². The molecule has 0 aromatic carbocycles. The van der Waals surface area contributed by atoms with Crippen LogP contribution in [-0.2, 0) is 10.2 Å². The highest BCUT2D eigenvalue weighted by Gasteiger charge is 2.22. The molecule has 1 aromatic heterocycles. The molecular formula is C15H25ClN2O2. The van der Waals surface area contributed by atoms with Crippen molar-refractivity contribution in [2.45, 2.75) is 59.0 Å². The third-order valence-corrected chi connectivity index (χ3v) is 3.58. The highest BCUT2D eigenvalue weighted by molar-refractivity contribution is 6.30.